The summed E-state index contributed by atoms with van der Waals surface area (Å²) in [6, 6.07) is 2.72. The van der Waals surface area contributed by atoms with Gasteiger partial charge in [-0.2, -0.15) is 0 Å². The highest BCUT2D eigenvalue weighted by Gasteiger charge is 2.18. The zero-order valence-corrected chi connectivity index (χ0v) is 13.2. The average molecular weight is 349 g/mol. The van der Waals surface area contributed by atoms with Crippen LogP contribution < -0.4 is 4.72 Å². The molecule has 0 fully saturated rings. The van der Waals surface area contributed by atoms with Crippen molar-refractivity contribution in [1.82, 2.24) is 9.97 Å². The third-order valence-electron chi connectivity index (χ3n) is 2.40. The molecule has 0 aliphatic heterocycles. The molecule has 1 heterocycles. The van der Waals surface area contributed by atoms with Gasteiger partial charge in [0, 0.05) is 6.07 Å². The molecule has 1 aromatic carbocycles. The van der Waals surface area contributed by atoms with Gasteiger partial charge in [0.15, 0.2) is 11.0 Å². The van der Waals surface area contributed by atoms with Crippen LogP contribution in [-0.2, 0) is 10.0 Å². The van der Waals surface area contributed by atoms with Crippen molar-refractivity contribution in [3.8, 4) is 0 Å². The van der Waals surface area contributed by atoms with Crippen LogP contribution in [0.3, 0.4) is 0 Å². The van der Waals surface area contributed by atoms with Gasteiger partial charge in [0.25, 0.3) is 5.69 Å². The molecule has 0 saturated heterocycles. The highest BCUT2D eigenvalue weighted by atomic mass is 35.5. The Balaban J connectivity index is 2.68. The summed E-state index contributed by atoms with van der Waals surface area (Å²) in [6.07, 6.45) is 2.64. The summed E-state index contributed by atoms with van der Waals surface area (Å²) in [5.41, 5.74) is 0.410. The van der Waals surface area contributed by atoms with E-state index in [1.807, 2.05) is 0 Å². The van der Waals surface area contributed by atoms with E-state index in [1.165, 1.54) is 23.9 Å². The van der Waals surface area contributed by atoms with Crippen LogP contribution >= 0.6 is 23.4 Å². The fourth-order valence-corrected chi connectivity index (χ4v) is 2.90. The quantitative estimate of drug-likeness (QED) is 0.512. The lowest BCUT2D eigenvalue weighted by molar-refractivity contribution is -0.387. The number of sulfonamides is 1. The van der Waals surface area contributed by atoms with Crippen molar-refractivity contribution in [3.63, 3.8) is 0 Å². The van der Waals surface area contributed by atoms with Crippen LogP contribution in [0.5, 0.6) is 0 Å². The molecule has 2 rings (SSSR count). The Bertz CT molecular complexity index is 841. The number of nitrogens with zero attached hydrogens (tertiary/aromatic N) is 3. The molecule has 21 heavy (non-hydrogen) atoms. The molecular weight excluding hydrogens is 340 g/mol. The molecule has 0 aliphatic carbocycles. The molecular formula is C10H9ClN4O4S2. The van der Waals surface area contributed by atoms with Crippen LogP contribution in [-0.4, -0.2) is 35.8 Å². The standard InChI is InChI=1S/C10H9ClN4O4S2/c1-20-8-4-6-5(3-7(8)15(16)17)12-9(11)10(13-6)14-21(2,18)19/h3-4H,1-2H3,(H,13,14). The Morgan fingerprint density at radius 3 is 2.48 bits per heavy atom. The van der Waals surface area contributed by atoms with Gasteiger partial charge in [0.2, 0.25) is 10.0 Å². The molecule has 0 spiro atoms. The van der Waals surface area contributed by atoms with Crippen LogP contribution in [0.4, 0.5) is 11.5 Å². The molecule has 0 bridgehead atoms. The smallest absolute Gasteiger partial charge is 0.265 e. The van der Waals surface area contributed by atoms with Crippen LogP contribution in [0.1, 0.15) is 0 Å². The molecule has 1 aromatic heterocycles. The minimum atomic E-state index is -3.56. The van der Waals surface area contributed by atoms with Crippen molar-refractivity contribution in [2.75, 3.05) is 17.2 Å². The Morgan fingerprint density at radius 2 is 1.95 bits per heavy atom. The second kappa shape index (κ2) is 5.62. The topological polar surface area (TPSA) is 115 Å². The van der Waals surface area contributed by atoms with E-state index >= 15 is 0 Å². The van der Waals surface area contributed by atoms with E-state index < -0.39 is 14.9 Å². The summed E-state index contributed by atoms with van der Waals surface area (Å²) in [7, 11) is -3.56. The number of nitro benzene ring substituents is 1. The number of fused-ring (bicyclic) bond motifs is 1. The summed E-state index contributed by atoms with van der Waals surface area (Å²) < 4.78 is 24.6. The van der Waals surface area contributed by atoms with Crippen molar-refractivity contribution in [3.05, 3.63) is 27.4 Å². The van der Waals surface area contributed by atoms with Gasteiger partial charge in [-0.05, 0) is 12.3 Å². The maximum Gasteiger partial charge on any atom is 0.285 e. The number of hydrogen-bond donors (Lipinski definition) is 1. The minimum absolute atomic E-state index is 0.107. The van der Waals surface area contributed by atoms with Crippen molar-refractivity contribution >= 4 is 55.9 Å². The second-order valence-electron chi connectivity index (χ2n) is 4.01. The largest absolute Gasteiger partial charge is 0.285 e. The fraction of sp³-hybridized carbons (Fsp3) is 0.200. The third kappa shape index (κ3) is 3.52. The molecule has 112 valence electrons. The van der Waals surface area contributed by atoms with E-state index in [0.29, 0.717) is 10.4 Å². The Labute approximate surface area is 129 Å². The lowest BCUT2D eigenvalue weighted by Gasteiger charge is -2.07. The van der Waals surface area contributed by atoms with Crippen LogP contribution in [0.25, 0.3) is 11.0 Å². The molecule has 0 aliphatic rings. The van der Waals surface area contributed by atoms with Gasteiger partial charge >= 0.3 is 0 Å². The van der Waals surface area contributed by atoms with E-state index in [9.17, 15) is 18.5 Å². The summed E-state index contributed by atoms with van der Waals surface area (Å²) in [4.78, 5) is 18.8. The van der Waals surface area contributed by atoms with Gasteiger partial charge in [-0.3, -0.25) is 14.8 Å². The highest BCUT2D eigenvalue weighted by Crippen LogP contribution is 2.32. The first-order valence-electron chi connectivity index (χ1n) is 5.38. The first-order valence-corrected chi connectivity index (χ1v) is 8.88. The van der Waals surface area contributed by atoms with Gasteiger partial charge in [-0.15, -0.1) is 11.8 Å². The maximum atomic E-state index is 11.2. The number of halogens is 1. The SMILES string of the molecule is CSc1cc2nc(NS(C)(=O)=O)c(Cl)nc2cc1[N+](=O)[O-]. The van der Waals surface area contributed by atoms with Gasteiger partial charge in [-0.25, -0.2) is 18.4 Å². The second-order valence-corrected chi connectivity index (χ2v) is 6.96. The van der Waals surface area contributed by atoms with E-state index in [2.05, 4.69) is 14.7 Å². The summed E-state index contributed by atoms with van der Waals surface area (Å²) in [5, 5.41) is 10.8. The number of nitro groups is 1. The van der Waals surface area contributed by atoms with Crippen LogP contribution in [0, 0.1) is 10.1 Å². The molecule has 0 atom stereocenters. The van der Waals surface area contributed by atoms with E-state index in [-0.39, 0.29) is 22.2 Å². The highest BCUT2D eigenvalue weighted by molar-refractivity contribution is 7.98. The van der Waals surface area contributed by atoms with Gasteiger partial charge in [-0.1, -0.05) is 11.6 Å². The predicted molar refractivity (Wildman–Crippen MR) is 81.4 cm³/mol. The van der Waals surface area contributed by atoms with Gasteiger partial charge in [0.1, 0.15) is 0 Å². The van der Waals surface area contributed by atoms with Crippen LogP contribution in [0.15, 0.2) is 17.0 Å². The number of rotatable bonds is 4. The van der Waals surface area contributed by atoms with Crippen molar-refractivity contribution < 1.29 is 13.3 Å². The van der Waals surface area contributed by atoms with Crippen molar-refractivity contribution in [1.29, 1.82) is 0 Å². The third-order valence-corrected chi connectivity index (χ3v) is 4.00. The Hall–Kier alpha value is -1.65. The molecule has 0 radical (unpaired) electrons. The van der Waals surface area contributed by atoms with E-state index in [1.54, 1.807) is 6.26 Å². The normalized spacial score (nSPS) is 11.6. The first-order chi connectivity index (χ1) is 9.71. The summed E-state index contributed by atoms with van der Waals surface area (Å²) in [6.45, 7) is 0. The van der Waals surface area contributed by atoms with E-state index in [4.69, 9.17) is 11.6 Å². The fourth-order valence-electron chi connectivity index (χ4n) is 1.60. The lowest BCUT2D eigenvalue weighted by Crippen LogP contribution is -2.12. The minimum Gasteiger partial charge on any atom is -0.265 e. The number of anilines is 1. The summed E-state index contributed by atoms with van der Waals surface area (Å²) in [5.74, 6) is -0.118. The average Bonchev–Trinajstić information content (AvgIpc) is 2.36. The molecule has 0 unspecified atom stereocenters. The molecule has 1 N–H and O–H groups in total. The van der Waals surface area contributed by atoms with E-state index in [0.717, 1.165) is 6.26 Å². The lowest BCUT2D eigenvalue weighted by atomic mass is 10.2. The van der Waals surface area contributed by atoms with Crippen molar-refractivity contribution in [2.45, 2.75) is 4.90 Å². The number of nitrogens with one attached hydrogen (secondary N) is 1. The van der Waals surface area contributed by atoms with Gasteiger partial charge < -0.3 is 0 Å². The molecule has 11 heteroatoms. The maximum absolute atomic E-state index is 11.2. The summed E-state index contributed by atoms with van der Waals surface area (Å²) >= 11 is 7.02. The molecule has 8 nitrogen and oxygen atoms in total. The first kappa shape index (κ1) is 15.7. The number of benzene rings is 1. The zero-order chi connectivity index (χ0) is 15.8. The van der Waals surface area contributed by atoms with Gasteiger partial charge in [0.05, 0.1) is 27.1 Å². The Kier molecular flexibility index (Phi) is 4.21. The monoisotopic (exact) mass is 348 g/mol. The predicted octanol–water partition coefficient (Wildman–Crippen LogP) is 2.28. The number of thioether (sulfide) groups is 1. The number of aromatic nitrogens is 2. The van der Waals surface area contributed by atoms with Crippen LogP contribution in [0.2, 0.25) is 5.15 Å². The molecule has 0 saturated carbocycles. The molecule has 2 aromatic rings. The van der Waals surface area contributed by atoms with Crippen molar-refractivity contribution in [2.24, 2.45) is 0 Å². The number of hydrogen-bond acceptors (Lipinski definition) is 7. The zero-order valence-electron chi connectivity index (χ0n) is 10.8. The molecule has 0 amide bonds. The Morgan fingerprint density at radius 1 is 1.33 bits per heavy atom.